The van der Waals surface area contributed by atoms with Crippen molar-refractivity contribution in [1.82, 2.24) is 9.97 Å². The van der Waals surface area contributed by atoms with Gasteiger partial charge in [0.2, 0.25) is 0 Å². The first kappa shape index (κ1) is 17.1. The number of nitro groups is 1. The number of anilines is 2. The molecule has 0 bridgehead atoms. The molecule has 3 heterocycles. The Morgan fingerprint density at radius 1 is 1.28 bits per heavy atom. The zero-order chi connectivity index (χ0) is 18.0. The second-order valence-corrected chi connectivity index (χ2v) is 6.13. The highest BCUT2D eigenvalue weighted by atomic mass is 35.5. The average Bonchev–Trinajstić information content (AvgIpc) is 3.08. The number of amides is 1. The molecule has 1 aliphatic heterocycles. The maximum Gasteiger partial charge on any atom is 0.290 e. The first-order valence-corrected chi connectivity index (χ1v) is 8.18. The normalized spacial score (nSPS) is 13.8. The van der Waals surface area contributed by atoms with Gasteiger partial charge >= 0.3 is 0 Å². The van der Waals surface area contributed by atoms with E-state index in [2.05, 4.69) is 20.2 Å². The summed E-state index contributed by atoms with van der Waals surface area (Å²) in [6, 6.07) is 5.87. The van der Waals surface area contributed by atoms with Crippen LogP contribution in [-0.4, -0.2) is 33.9 Å². The van der Waals surface area contributed by atoms with Gasteiger partial charge in [0.1, 0.15) is 22.5 Å². The Bertz CT molecular complexity index is 837. The third-order valence-corrected chi connectivity index (χ3v) is 4.16. The zero-order valence-electron chi connectivity index (χ0n) is 13.5. The number of aryl methyl sites for hydroxylation is 1. The van der Waals surface area contributed by atoms with Crippen molar-refractivity contribution in [2.45, 2.75) is 19.8 Å². The summed E-state index contributed by atoms with van der Waals surface area (Å²) in [5.41, 5.74) is 0.495. The maximum atomic E-state index is 12.5. The summed E-state index contributed by atoms with van der Waals surface area (Å²) < 4.78 is 0. The van der Waals surface area contributed by atoms with E-state index in [1.807, 2.05) is 0 Å². The van der Waals surface area contributed by atoms with Gasteiger partial charge in [-0.1, -0.05) is 11.6 Å². The molecule has 8 nitrogen and oxygen atoms in total. The molecule has 3 rings (SSSR count). The number of carbonyl (C=O) groups is 1. The summed E-state index contributed by atoms with van der Waals surface area (Å²) >= 11 is 6.05. The quantitative estimate of drug-likeness (QED) is 0.509. The number of hydrogen-bond donors (Lipinski definition) is 1. The minimum absolute atomic E-state index is 0.0960. The third-order valence-electron chi connectivity index (χ3n) is 3.97. The van der Waals surface area contributed by atoms with Crippen LogP contribution in [0.1, 0.15) is 28.9 Å². The van der Waals surface area contributed by atoms with Gasteiger partial charge in [-0.25, -0.2) is 9.97 Å². The Balaban J connectivity index is 1.81. The molecule has 1 N–H and O–H groups in total. The van der Waals surface area contributed by atoms with Crippen molar-refractivity contribution < 1.29 is 9.72 Å². The molecule has 0 radical (unpaired) electrons. The van der Waals surface area contributed by atoms with Crippen LogP contribution in [-0.2, 0) is 0 Å². The van der Waals surface area contributed by atoms with Gasteiger partial charge in [-0.05, 0) is 38.0 Å². The van der Waals surface area contributed by atoms with Crippen LogP contribution in [0.4, 0.5) is 17.3 Å². The second kappa shape index (κ2) is 7.02. The number of rotatable bonds is 4. The van der Waals surface area contributed by atoms with E-state index in [0.717, 1.165) is 25.9 Å². The van der Waals surface area contributed by atoms with Gasteiger partial charge in [0.25, 0.3) is 11.6 Å². The summed E-state index contributed by atoms with van der Waals surface area (Å²) in [7, 11) is 0. The van der Waals surface area contributed by atoms with Crippen LogP contribution < -0.4 is 10.2 Å². The van der Waals surface area contributed by atoms with Crippen molar-refractivity contribution in [1.29, 1.82) is 0 Å². The van der Waals surface area contributed by atoms with Crippen LogP contribution in [0.25, 0.3) is 0 Å². The predicted molar refractivity (Wildman–Crippen MR) is 94.3 cm³/mol. The van der Waals surface area contributed by atoms with Crippen molar-refractivity contribution in [3.05, 3.63) is 50.8 Å². The molecule has 0 aliphatic carbocycles. The Hall–Kier alpha value is -2.74. The van der Waals surface area contributed by atoms with Gasteiger partial charge in [-0.2, -0.15) is 0 Å². The summed E-state index contributed by atoms with van der Waals surface area (Å²) in [5, 5.41) is 13.7. The number of aromatic nitrogens is 2. The summed E-state index contributed by atoms with van der Waals surface area (Å²) in [6.07, 6.45) is 2.17. The number of nitrogens with zero attached hydrogens (tertiary/aromatic N) is 4. The molecule has 0 spiro atoms. The van der Waals surface area contributed by atoms with E-state index in [9.17, 15) is 14.9 Å². The summed E-state index contributed by atoms with van der Waals surface area (Å²) in [6.45, 7) is 3.29. The molecule has 1 amide bonds. The molecule has 2 aromatic heterocycles. The molecular weight excluding hydrogens is 346 g/mol. The monoisotopic (exact) mass is 361 g/mol. The second-order valence-electron chi connectivity index (χ2n) is 5.74. The molecule has 1 fully saturated rings. The topological polar surface area (TPSA) is 101 Å². The molecule has 2 aromatic rings. The van der Waals surface area contributed by atoms with Gasteiger partial charge in [0, 0.05) is 24.7 Å². The lowest BCUT2D eigenvalue weighted by Crippen LogP contribution is -2.20. The minimum atomic E-state index is -0.515. The van der Waals surface area contributed by atoms with E-state index < -0.39 is 10.8 Å². The minimum Gasteiger partial charge on any atom is -0.357 e. The lowest BCUT2D eigenvalue weighted by atomic mass is 10.2. The van der Waals surface area contributed by atoms with Gasteiger partial charge in [0.05, 0.1) is 4.92 Å². The largest absolute Gasteiger partial charge is 0.357 e. The molecule has 0 unspecified atom stereocenters. The lowest BCUT2D eigenvalue weighted by molar-refractivity contribution is -0.385. The predicted octanol–water partition coefficient (Wildman–Crippen LogP) is 3.20. The van der Waals surface area contributed by atoms with Crippen molar-refractivity contribution in [3.8, 4) is 0 Å². The van der Waals surface area contributed by atoms with Crippen LogP contribution in [0, 0.1) is 17.0 Å². The van der Waals surface area contributed by atoms with Crippen LogP contribution in [0.3, 0.4) is 0 Å². The fraction of sp³-hybridized carbons (Fsp3) is 0.312. The highest BCUT2D eigenvalue weighted by molar-refractivity contribution is 6.30. The Kier molecular flexibility index (Phi) is 4.80. The molecule has 0 aromatic carbocycles. The first-order valence-electron chi connectivity index (χ1n) is 7.80. The molecule has 130 valence electrons. The standard InChI is InChI=1S/C16H16ClN5O3/c1-10-12(22(24)25)4-5-14(18-10)20-16(23)11-8-13(17)19-15(9-11)21-6-2-3-7-21/h4-5,8-9H,2-3,6-7H2,1H3,(H,18,20,23). The van der Waals surface area contributed by atoms with Gasteiger partial charge < -0.3 is 10.2 Å². The Morgan fingerprint density at radius 3 is 2.64 bits per heavy atom. The first-order chi connectivity index (χ1) is 11.9. The van der Waals surface area contributed by atoms with E-state index in [1.54, 1.807) is 6.07 Å². The van der Waals surface area contributed by atoms with E-state index in [-0.39, 0.29) is 22.4 Å². The average molecular weight is 362 g/mol. The molecule has 9 heteroatoms. The van der Waals surface area contributed by atoms with Crippen molar-refractivity contribution >= 4 is 34.8 Å². The molecule has 25 heavy (non-hydrogen) atoms. The summed E-state index contributed by atoms with van der Waals surface area (Å²) in [5.74, 6) is 0.511. The van der Waals surface area contributed by atoms with Crippen LogP contribution in [0.5, 0.6) is 0 Å². The molecule has 1 aliphatic rings. The summed E-state index contributed by atoms with van der Waals surface area (Å²) in [4.78, 5) is 33.2. The van der Waals surface area contributed by atoms with Gasteiger partial charge in [0.15, 0.2) is 0 Å². The molecule has 1 saturated heterocycles. The van der Waals surface area contributed by atoms with Crippen molar-refractivity contribution in [2.24, 2.45) is 0 Å². The fourth-order valence-corrected chi connectivity index (χ4v) is 2.93. The Morgan fingerprint density at radius 2 is 2.00 bits per heavy atom. The van der Waals surface area contributed by atoms with Crippen LogP contribution in [0.2, 0.25) is 5.15 Å². The molecule has 0 saturated carbocycles. The van der Waals surface area contributed by atoms with E-state index >= 15 is 0 Å². The van der Waals surface area contributed by atoms with E-state index in [4.69, 9.17) is 11.6 Å². The van der Waals surface area contributed by atoms with Crippen LogP contribution in [0.15, 0.2) is 24.3 Å². The number of halogens is 1. The molecule has 0 atom stereocenters. The third kappa shape index (κ3) is 3.85. The van der Waals surface area contributed by atoms with E-state index in [1.165, 1.54) is 25.1 Å². The van der Waals surface area contributed by atoms with E-state index in [0.29, 0.717) is 11.4 Å². The van der Waals surface area contributed by atoms with Gasteiger partial charge in [-0.3, -0.25) is 14.9 Å². The van der Waals surface area contributed by atoms with Crippen LogP contribution >= 0.6 is 11.6 Å². The smallest absolute Gasteiger partial charge is 0.290 e. The molecular formula is C16H16ClN5O3. The fourth-order valence-electron chi connectivity index (χ4n) is 2.73. The SMILES string of the molecule is Cc1nc(NC(=O)c2cc(Cl)nc(N3CCCC3)c2)ccc1[N+](=O)[O-]. The highest BCUT2D eigenvalue weighted by Crippen LogP contribution is 2.23. The Labute approximate surface area is 149 Å². The number of nitrogens with one attached hydrogen (secondary N) is 1. The number of carbonyl (C=O) groups excluding carboxylic acids is 1. The number of pyridine rings is 2. The van der Waals surface area contributed by atoms with Crippen molar-refractivity contribution in [2.75, 3.05) is 23.3 Å². The van der Waals surface area contributed by atoms with Gasteiger partial charge in [-0.15, -0.1) is 0 Å². The van der Waals surface area contributed by atoms with Crippen molar-refractivity contribution in [3.63, 3.8) is 0 Å². The lowest BCUT2D eigenvalue weighted by Gasteiger charge is -2.17. The zero-order valence-corrected chi connectivity index (χ0v) is 14.3. The maximum absolute atomic E-state index is 12.5. The highest BCUT2D eigenvalue weighted by Gasteiger charge is 2.18. The number of hydrogen-bond acceptors (Lipinski definition) is 6.